The number of rotatable bonds is 4. The number of hydrogen-bond acceptors (Lipinski definition) is 5. The van der Waals surface area contributed by atoms with Crippen LogP contribution in [-0.2, 0) is 6.54 Å². The molecule has 0 radical (unpaired) electrons. The first-order chi connectivity index (χ1) is 13.7. The fourth-order valence-corrected chi connectivity index (χ4v) is 3.81. The van der Waals surface area contributed by atoms with Gasteiger partial charge in [-0.25, -0.2) is 19.8 Å². The van der Waals surface area contributed by atoms with Crippen LogP contribution >= 0.6 is 11.3 Å². The zero-order valence-electron chi connectivity index (χ0n) is 15.1. The quantitative estimate of drug-likeness (QED) is 0.738. The summed E-state index contributed by atoms with van der Waals surface area (Å²) in [5.74, 6) is -0.265. The molecule has 3 aromatic rings. The van der Waals surface area contributed by atoms with E-state index < -0.39 is 0 Å². The van der Waals surface area contributed by atoms with Gasteiger partial charge in [-0.15, -0.1) is 11.3 Å². The lowest BCUT2D eigenvalue weighted by Gasteiger charge is -2.27. The summed E-state index contributed by atoms with van der Waals surface area (Å²) in [6.07, 6.45) is 4.15. The molecule has 3 heterocycles. The van der Waals surface area contributed by atoms with Crippen LogP contribution in [0, 0.1) is 0 Å². The van der Waals surface area contributed by atoms with Gasteiger partial charge in [-0.05, 0) is 24.1 Å². The van der Waals surface area contributed by atoms with E-state index in [1.54, 1.807) is 17.8 Å². The molecule has 2 aromatic heterocycles. The zero-order chi connectivity index (χ0) is 19.3. The smallest absolute Gasteiger partial charge is 0.332 e. The molecule has 1 saturated heterocycles. The molecular formula is C20H19N5O2S. The van der Waals surface area contributed by atoms with Gasteiger partial charge in [0.15, 0.2) is 0 Å². The molecule has 28 heavy (non-hydrogen) atoms. The average Bonchev–Trinajstić information content (AvgIpc) is 3.43. The number of pyridine rings is 1. The first-order valence-electron chi connectivity index (χ1n) is 8.99. The summed E-state index contributed by atoms with van der Waals surface area (Å²) in [6.45, 7) is 1.42. The molecule has 3 amide bonds. The van der Waals surface area contributed by atoms with Crippen molar-refractivity contribution in [1.29, 1.82) is 0 Å². The average molecular weight is 393 g/mol. The lowest BCUT2D eigenvalue weighted by Crippen LogP contribution is -2.49. The second kappa shape index (κ2) is 8.18. The van der Waals surface area contributed by atoms with Crippen LogP contribution in [0.4, 0.5) is 4.79 Å². The summed E-state index contributed by atoms with van der Waals surface area (Å²) >= 11 is 1.39. The number of aromatic nitrogens is 2. The maximum absolute atomic E-state index is 12.9. The van der Waals surface area contributed by atoms with Crippen molar-refractivity contribution in [3.63, 3.8) is 0 Å². The Morgan fingerprint density at radius 2 is 1.89 bits per heavy atom. The standard InChI is InChI=1S/C20H19N5O2S/c26-19(17-14-28-18(23-17)16-8-4-9-21-13-16)24-10-5-11-25(24)20(27)22-12-15-6-2-1-3-7-15/h1-4,6-9,13-14H,5,10-12H2,(H,22,27). The maximum Gasteiger partial charge on any atom is 0.336 e. The number of hydrazine groups is 1. The van der Waals surface area contributed by atoms with Crippen LogP contribution in [0.2, 0.25) is 0 Å². The fourth-order valence-electron chi connectivity index (χ4n) is 3.02. The predicted molar refractivity (Wildman–Crippen MR) is 106 cm³/mol. The SMILES string of the molecule is O=C(NCc1ccccc1)N1CCCN1C(=O)c1csc(-c2cccnc2)n1. The lowest BCUT2D eigenvalue weighted by atomic mass is 10.2. The number of benzene rings is 1. The molecule has 0 unspecified atom stereocenters. The highest BCUT2D eigenvalue weighted by Crippen LogP contribution is 2.24. The Labute approximate surface area is 166 Å². The van der Waals surface area contributed by atoms with E-state index in [4.69, 9.17) is 0 Å². The van der Waals surface area contributed by atoms with E-state index in [2.05, 4.69) is 15.3 Å². The molecule has 7 nitrogen and oxygen atoms in total. The number of thiazole rings is 1. The van der Waals surface area contributed by atoms with Gasteiger partial charge in [-0.3, -0.25) is 9.78 Å². The van der Waals surface area contributed by atoms with Crippen molar-refractivity contribution >= 4 is 23.3 Å². The number of amides is 3. The number of nitrogens with one attached hydrogen (secondary N) is 1. The van der Waals surface area contributed by atoms with Crippen molar-refractivity contribution in [3.05, 3.63) is 71.5 Å². The van der Waals surface area contributed by atoms with Crippen molar-refractivity contribution in [2.75, 3.05) is 13.1 Å². The molecule has 1 aliphatic rings. The zero-order valence-corrected chi connectivity index (χ0v) is 15.9. The molecule has 142 valence electrons. The Kier molecular flexibility index (Phi) is 5.29. The highest BCUT2D eigenvalue weighted by molar-refractivity contribution is 7.13. The van der Waals surface area contributed by atoms with Gasteiger partial charge in [-0.2, -0.15) is 0 Å². The van der Waals surface area contributed by atoms with E-state index in [-0.39, 0.29) is 11.9 Å². The molecule has 4 rings (SSSR count). The van der Waals surface area contributed by atoms with E-state index in [0.29, 0.717) is 25.3 Å². The predicted octanol–water partition coefficient (Wildman–Crippen LogP) is 3.18. The highest BCUT2D eigenvalue weighted by Gasteiger charge is 2.32. The summed E-state index contributed by atoms with van der Waals surface area (Å²) in [6, 6.07) is 13.1. The Morgan fingerprint density at radius 1 is 1.07 bits per heavy atom. The molecule has 1 fully saturated rings. The Morgan fingerprint density at radius 3 is 2.68 bits per heavy atom. The molecular weight excluding hydrogens is 374 g/mol. The third kappa shape index (κ3) is 3.86. The van der Waals surface area contributed by atoms with Crippen LogP contribution < -0.4 is 5.32 Å². The number of urea groups is 1. The number of carbonyl (C=O) groups excluding carboxylic acids is 2. The Bertz CT molecular complexity index is 961. The fraction of sp³-hybridized carbons (Fsp3) is 0.200. The normalized spacial score (nSPS) is 13.6. The third-order valence-corrected chi connectivity index (χ3v) is 5.31. The molecule has 1 aliphatic heterocycles. The summed E-state index contributed by atoms with van der Waals surface area (Å²) in [4.78, 5) is 34.0. The van der Waals surface area contributed by atoms with Gasteiger partial charge in [0, 0.05) is 43.0 Å². The number of hydrogen-bond donors (Lipinski definition) is 1. The first-order valence-corrected chi connectivity index (χ1v) is 9.87. The molecule has 0 saturated carbocycles. The van der Waals surface area contributed by atoms with Gasteiger partial charge in [0.1, 0.15) is 10.7 Å². The lowest BCUT2D eigenvalue weighted by molar-refractivity contribution is 0.0371. The molecule has 0 bridgehead atoms. The summed E-state index contributed by atoms with van der Waals surface area (Å²) in [5.41, 5.74) is 2.21. The summed E-state index contributed by atoms with van der Waals surface area (Å²) in [5, 5.41) is 8.27. The molecule has 0 atom stereocenters. The van der Waals surface area contributed by atoms with E-state index in [1.165, 1.54) is 21.4 Å². The van der Waals surface area contributed by atoms with E-state index in [1.807, 2.05) is 42.5 Å². The molecule has 0 aliphatic carbocycles. The minimum atomic E-state index is -0.280. The van der Waals surface area contributed by atoms with Crippen molar-refractivity contribution in [3.8, 4) is 10.6 Å². The van der Waals surface area contributed by atoms with Crippen molar-refractivity contribution in [2.24, 2.45) is 0 Å². The molecule has 8 heteroatoms. The minimum Gasteiger partial charge on any atom is -0.332 e. The van der Waals surface area contributed by atoms with Gasteiger partial charge in [-0.1, -0.05) is 30.3 Å². The number of carbonyl (C=O) groups is 2. The van der Waals surface area contributed by atoms with Gasteiger partial charge >= 0.3 is 6.03 Å². The van der Waals surface area contributed by atoms with Crippen LogP contribution in [0.25, 0.3) is 10.6 Å². The van der Waals surface area contributed by atoms with E-state index >= 15 is 0 Å². The van der Waals surface area contributed by atoms with Crippen LogP contribution in [0.15, 0.2) is 60.2 Å². The monoisotopic (exact) mass is 393 g/mol. The van der Waals surface area contributed by atoms with Gasteiger partial charge in [0.25, 0.3) is 5.91 Å². The summed E-state index contributed by atoms with van der Waals surface area (Å²) in [7, 11) is 0. The third-order valence-electron chi connectivity index (χ3n) is 4.42. The maximum atomic E-state index is 12.9. The molecule has 1 aromatic carbocycles. The molecule has 0 spiro atoms. The topological polar surface area (TPSA) is 78.4 Å². The molecule has 1 N–H and O–H groups in total. The van der Waals surface area contributed by atoms with E-state index in [0.717, 1.165) is 22.6 Å². The van der Waals surface area contributed by atoms with Gasteiger partial charge in [0.2, 0.25) is 0 Å². The Hall–Kier alpha value is -3.26. The van der Waals surface area contributed by atoms with Crippen LogP contribution in [0.1, 0.15) is 22.5 Å². The second-order valence-electron chi connectivity index (χ2n) is 6.33. The Balaban J connectivity index is 1.43. The largest absolute Gasteiger partial charge is 0.336 e. The number of nitrogens with zero attached hydrogens (tertiary/aromatic N) is 4. The highest BCUT2D eigenvalue weighted by atomic mass is 32.1. The van der Waals surface area contributed by atoms with Crippen LogP contribution in [0.5, 0.6) is 0 Å². The van der Waals surface area contributed by atoms with Gasteiger partial charge < -0.3 is 5.32 Å². The van der Waals surface area contributed by atoms with E-state index in [9.17, 15) is 9.59 Å². The van der Waals surface area contributed by atoms with Gasteiger partial charge in [0.05, 0.1) is 0 Å². The van der Waals surface area contributed by atoms with Crippen molar-refractivity contribution in [2.45, 2.75) is 13.0 Å². The second-order valence-corrected chi connectivity index (χ2v) is 7.19. The van der Waals surface area contributed by atoms with Crippen LogP contribution in [0.3, 0.4) is 0 Å². The van der Waals surface area contributed by atoms with Crippen molar-refractivity contribution in [1.82, 2.24) is 25.3 Å². The van der Waals surface area contributed by atoms with Crippen molar-refractivity contribution < 1.29 is 9.59 Å². The minimum absolute atomic E-state index is 0.265. The van der Waals surface area contributed by atoms with Crippen LogP contribution in [-0.4, -0.2) is 45.0 Å². The first kappa shape index (κ1) is 18.1. The summed E-state index contributed by atoms with van der Waals surface area (Å²) < 4.78 is 0.